The Hall–Kier alpha value is -2.23. The van der Waals surface area contributed by atoms with Crippen LogP contribution in [0.3, 0.4) is 0 Å². The van der Waals surface area contributed by atoms with Crippen molar-refractivity contribution in [1.29, 1.82) is 0 Å². The topological polar surface area (TPSA) is 95.6 Å². The Morgan fingerprint density at radius 3 is 2.65 bits per heavy atom. The maximum absolute atomic E-state index is 12.9. The molecule has 1 fully saturated rings. The molecular formula is C21H22ClN3O4S2. The van der Waals surface area contributed by atoms with E-state index in [2.05, 4.69) is 17.0 Å². The maximum Gasteiger partial charge on any atom is 0.261 e. The molecule has 0 aromatic heterocycles. The van der Waals surface area contributed by atoms with Gasteiger partial charge in [0.1, 0.15) is 0 Å². The number of fused-ring (bicyclic) bond motifs is 1. The Labute approximate surface area is 190 Å². The number of likely N-dealkylation sites (tertiary alicyclic amines) is 1. The van der Waals surface area contributed by atoms with E-state index in [4.69, 9.17) is 11.6 Å². The van der Waals surface area contributed by atoms with E-state index in [9.17, 15) is 18.0 Å². The average molecular weight is 480 g/mol. The summed E-state index contributed by atoms with van der Waals surface area (Å²) in [6.45, 7) is 3.47. The van der Waals surface area contributed by atoms with Gasteiger partial charge >= 0.3 is 0 Å². The van der Waals surface area contributed by atoms with Gasteiger partial charge in [-0.25, -0.2) is 8.42 Å². The van der Waals surface area contributed by atoms with Crippen molar-refractivity contribution in [3.8, 4) is 0 Å². The SMILES string of the molecule is CC1CCN(C(=O)[C@@H]2Sc3ccc(S(=O)(=O)Nc4cccc(Cl)c4)cc3NC2=O)CC1. The Morgan fingerprint density at radius 2 is 1.94 bits per heavy atom. The molecule has 2 aliphatic heterocycles. The molecule has 0 radical (unpaired) electrons. The summed E-state index contributed by atoms with van der Waals surface area (Å²) in [7, 11) is -3.88. The van der Waals surface area contributed by atoms with Crippen LogP contribution in [0.1, 0.15) is 19.8 Å². The molecule has 4 rings (SSSR count). The van der Waals surface area contributed by atoms with Crippen molar-refractivity contribution in [2.75, 3.05) is 23.1 Å². The second kappa shape index (κ2) is 8.72. The molecule has 0 saturated carbocycles. The zero-order valence-corrected chi connectivity index (χ0v) is 19.2. The minimum Gasteiger partial charge on any atom is -0.341 e. The lowest BCUT2D eigenvalue weighted by Gasteiger charge is -2.33. The molecule has 2 heterocycles. The predicted molar refractivity (Wildman–Crippen MR) is 122 cm³/mol. The highest BCUT2D eigenvalue weighted by Crippen LogP contribution is 2.38. The first-order chi connectivity index (χ1) is 14.7. The second-order valence-corrected chi connectivity index (χ2v) is 11.0. The molecule has 164 valence electrons. The fraction of sp³-hybridized carbons (Fsp3) is 0.333. The number of carbonyl (C=O) groups is 2. The molecule has 0 aliphatic carbocycles. The zero-order chi connectivity index (χ0) is 22.2. The van der Waals surface area contributed by atoms with Crippen LogP contribution in [0.15, 0.2) is 52.3 Å². The third-order valence-electron chi connectivity index (χ3n) is 5.40. The van der Waals surface area contributed by atoms with E-state index in [0.29, 0.717) is 40.3 Å². The maximum atomic E-state index is 12.9. The van der Waals surface area contributed by atoms with Crippen LogP contribution in [0, 0.1) is 5.92 Å². The van der Waals surface area contributed by atoms with Gasteiger partial charge in [0.15, 0.2) is 5.25 Å². The largest absolute Gasteiger partial charge is 0.341 e. The fourth-order valence-electron chi connectivity index (χ4n) is 3.58. The highest BCUT2D eigenvalue weighted by molar-refractivity contribution is 8.01. The predicted octanol–water partition coefficient (Wildman–Crippen LogP) is 3.81. The summed E-state index contributed by atoms with van der Waals surface area (Å²) in [6, 6.07) is 10.9. The van der Waals surface area contributed by atoms with Crippen LogP contribution >= 0.6 is 23.4 Å². The lowest BCUT2D eigenvalue weighted by molar-refractivity contribution is -0.135. The lowest BCUT2D eigenvalue weighted by atomic mass is 9.99. The second-order valence-electron chi connectivity index (χ2n) is 7.77. The molecule has 2 amide bonds. The van der Waals surface area contributed by atoms with Crippen LogP contribution in [0.4, 0.5) is 11.4 Å². The van der Waals surface area contributed by atoms with Crippen molar-refractivity contribution >= 4 is 56.6 Å². The van der Waals surface area contributed by atoms with Crippen LogP contribution in [-0.4, -0.2) is 43.5 Å². The lowest BCUT2D eigenvalue weighted by Crippen LogP contribution is -2.47. The fourth-order valence-corrected chi connectivity index (χ4v) is 5.90. The van der Waals surface area contributed by atoms with Gasteiger partial charge in [-0.05, 0) is 55.2 Å². The van der Waals surface area contributed by atoms with Gasteiger partial charge in [-0.3, -0.25) is 14.3 Å². The molecule has 2 aliphatic rings. The first-order valence-corrected chi connectivity index (χ1v) is 12.7. The van der Waals surface area contributed by atoms with Crippen molar-refractivity contribution in [3.63, 3.8) is 0 Å². The number of nitrogens with one attached hydrogen (secondary N) is 2. The van der Waals surface area contributed by atoms with E-state index in [-0.39, 0.29) is 10.8 Å². The van der Waals surface area contributed by atoms with Crippen LogP contribution in [0.2, 0.25) is 5.02 Å². The summed E-state index contributed by atoms with van der Waals surface area (Å²) in [4.78, 5) is 27.9. The summed E-state index contributed by atoms with van der Waals surface area (Å²) < 4.78 is 28.0. The van der Waals surface area contributed by atoms with Crippen LogP contribution < -0.4 is 10.0 Å². The van der Waals surface area contributed by atoms with E-state index in [1.807, 2.05) is 0 Å². The number of rotatable bonds is 4. The van der Waals surface area contributed by atoms with Crippen molar-refractivity contribution < 1.29 is 18.0 Å². The first kappa shape index (κ1) is 22.0. The number of thioether (sulfide) groups is 1. The van der Waals surface area contributed by atoms with Gasteiger partial charge in [0.2, 0.25) is 11.8 Å². The molecule has 31 heavy (non-hydrogen) atoms. The summed E-state index contributed by atoms with van der Waals surface area (Å²) in [5, 5.41) is 2.25. The Morgan fingerprint density at radius 1 is 1.19 bits per heavy atom. The van der Waals surface area contributed by atoms with Crippen molar-refractivity contribution in [2.24, 2.45) is 5.92 Å². The normalized spacial score (nSPS) is 19.5. The van der Waals surface area contributed by atoms with Gasteiger partial charge < -0.3 is 10.2 Å². The number of carbonyl (C=O) groups excluding carboxylic acids is 2. The molecule has 0 unspecified atom stereocenters. The summed E-state index contributed by atoms with van der Waals surface area (Å²) in [5.41, 5.74) is 0.713. The third-order valence-corrected chi connectivity index (χ3v) is 8.27. The molecule has 0 bridgehead atoms. The van der Waals surface area contributed by atoms with E-state index < -0.39 is 21.2 Å². The number of nitrogens with zero attached hydrogens (tertiary/aromatic N) is 1. The van der Waals surface area contributed by atoms with Crippen LogP contribution in [0.25, 0.3) is 0 Å². The highest BCUT2D eigenvalue weighted by atomic mass is 35.5. The third kappa shape index (κ3) is 4.83. The van der Waals surface area contributed by atoms with Crippen LogP contribution in [0.5, 0.6) is 0 Å². The summed E-state index contributed by atoms with van der Waals surface area (Å²) in [6.07, 6.45) is 1.87. The van der Waals surface area contributed by atoms with E-state index >= 15 is 0 Å². The molecule has 2 aromatic rings. The molecular weight excluding hydrogens is 458 g/mol. The van der Waals surface area contributed by atoms with Gasteiger partial charge in [-0.1, -0.05) is 24.6 Å². The average Bonchev–Trinajstić information content (AvgIpc) is 2.72. The standard InChI is InChI=1S/C21H22ClN3O4S2/c1-13-7-9-25(10-8-13)21(27)19-20(26)23-17-12-16(5-6-18(17)30-19)31(28,29)24-15-4-2-3-14(22)11-15/h2-6,11-13,19,24H,7-10H2,1H3,(H,23,26)/t19-/m1/s1. The smallest absolute Gasteiger partial charge is 0.261 e. The highest BCUT2D eigenvalue weighted by Gasteiger charge is 2.37. The Kier molecular flexibility index (Phi) is 6.18. The Balaban J connectivity index is 1.52. The van der Waals surface area contributed by atoms with Gasteiger partial charge in [-0.15, -0.1) is 11.8 Å². The van der Waals surface area contributed by atoms with Gasteiger partial charge in [0.05, 0.1) is 16.3 Å². The molecule has 1 saturated heterocycles. The number of sulfonamides is 1. The monoisotopic (exact) mass is 479 g/mol. The molecule has 7 nitrogen and oxygen atoms in total. The number of amides is 2. The first-order valence-electron chi connectivity index (χ1n) is 9.92. The molecule has 10 heteroatoms. The van der Waals surface area contributed by atoms with Gasteiger partial charge in [-0.2, -0.15) is 0 Å². The summed E-state index contributed by atoms with van der Waals surface area (Å²) in [5.74, 6) is -0.0451. The number of hydrogen-bond acceptors (Lipinski definition) is 5. The van der Waals surface area contributed by atoms with Crippen molar-refractivity contribution in [3.05, 3.63) is 47.5 Å². The molecule has 2 N–H and O–H groups in total. The number of benzene rings is 2. The molecule has 1 atom stereocenters. The summed E-state index contributed by atoms with van der Waals surface area (Å²) >= 11 is 7.07. The Bertz CT molecular complexity index is 1130. The molecule has 0 spiro atoms. The minimum absolute atomic E-state index is 0.00178. The quantitative estimate of drug-likeness (QED) is 0.650. The number of halogens is 1. The minimum atomic E-state index is -3.88. The number of piperidine rings is 1. The number of hydrogen-bond donors (Lipinski definition) is 2. The van der Waals surface area contributed by atoms with Gasteiger partial charge in [0.25, 0.3) is 10.0 Å². The van der Waals surface area contributed by atoms with E-state index in [1.54, 1.807) is 29.2 Å². The van der Waals surface area contributed by atoms with Crippen molar-refractivity contribution in [2.45, 2.75) is 34.8 Å². The van der Waals surface area contributed by atoms with Gasteiger partial charge in [0, 0.05) is 23.0 Å². The number of anilines is 2. The molecule has 2 aromatic carbocycles. The van der Waals surface area contributed by atoms with E-state index in [1.165, 1.54) is 18.2 Å². The van der Waals surface area contributed by atoms with Crippen molar-refractivity contribution in [1.82, 2.24) is 4.90 Å². The van der Waals surface area contributed by atoms with Crippen LogP contribution in [-0.2, 0) is 19.6 Å². The zero-order valence-electron chi connectivity index (χ0n) is 16.8. The van der Waals surface area contributed by atoms with E-state index in [0.717, 1.165) is 24.6 Å².